The fourth-order valence-corrected chi connectivity index (χ4v) is 2.24. The largest absolute Gasteiger partial charge is 0.386 e. The number of aliphatic imine (C=N–C) groups is 1. The van der Waals surface area contributed by atoms with Crippen molar-refractivity contribution in [3.05, 3.63) is 21.3 Å². The van der Waals surface area contributed by atoms with E-state index in [-0.39, 0.29) is 12.1 Å². The summed E-state index contributed by atoms with van der Waals surface area (Å²) in [5.74, 6) is 0.333. The van der Waals surface area contributed by atoms with E-state index in [9.17, 15) is 5.11 Å². The maximum absolute atomic E-state index is 9.84. The molecular weight excluding hydrogens is 258 g/mol. The molecule has 96 valence electrons. The maximum Gasteiger partial charge on any atom is 0.189 e. The lowest BCUT2D eigenvalue weighted by atomic mass is 10.1. The third-order valence-corrected chi connectivity index (χ3v) is 3.19. The number of guanidine groups is 1. The normalized spacial score (nSPS) is 14.8. The maximum atomic E-state index is 9.84. The minimum Gasteiger partial charge on any atom is -0.386 e. The SMILES string of the molecule is CC(C)(C)NC(N)=NCC(O)c1ccc(Cl)s1. The zero-order valence-electron chi connectivity index (χ0n) is 10.2. The van der Waals surface area contributed by atoms with Crippen LogP contribution in [0.3, 0.4) is 0 Å². The van der Waals surface area contributed by atoms with Crippen LogP contribution in [-0.2, 0) is 0 Å². The minimum atomic E-state index is -0.659. The molecule has 6 heteroatoms. The van der Waals surface area contributed by atoms with Crippen molar-refractivity contribution in [1.82, 2.24) is 5.32 Å². The molecular formula is C11H18ClN3OS. The Balaban J connectivity index is 2.52. The van der Waals surface area contributed by atoms with E-state index in [4.69, 9.17) is 17.3 Å². The first-order chi connectivity index (χ1) is 7.78. The van der Waals surface area contributed by atoms with Crippen LogP contribution < -0.4 is 11.1 Å². The second kappa shape index (κ2) is 5.71. The molecule has 4 N–H and O–H groups in total. The van der Waals surface area contributed by atoms with Gasteiger partial charge in [0.1, 0.15) is 6.10 Å². The van der Waals surface area contributed by atoms with Gasteiger partial charge in [0.15, 0.2) is 5.96 Å². The summed E-state index contributed by atoms with van der Waals surface area (Å²) in [6, 6.07) is 3.55. The van der Waals surface area contributed by atoms with Crippen molar-refractivity contribution < 1.29 is 5.11 Å². The number of hydrogen-bond donors (Lipinski definition) is 3. The van der Waals surface area contributed by atoms with Gasteiger partial charge >= 0.3 is 0 Å². The highest BCUT2D eigenvalue weighted by atomic mass is 35.5. The standard InChI is InChI=1S/C11H18ClN3OS/c1-11(2,3)15-10(13)14-6-7(16)8-4-5-9(12)17-8/h4-5,7,16H,6H2,1-3H3,(H3,13,14,15). The Morgan fingerprint density at radius 3 is 2.71 bits per heavy atom. The molecule has 0 radical (unpaired) electrons. The van der Waals surface area contributed by atoms with Crippen LogP contribution in [0.25, 0.3) is 0 Å². The van der Waals surface area contributed by atoms with Gasteiger partial charge in [-0.15, -0.1) is 11.3 Å². The molecule has 1 unspecified atom stereocenters. The van der Waals surface area contributed by atoms with Crippen LogP contribution >= 0.6 is 22.9 Å². The van der Waals surface area contributed by atoms with Crippen LogP contribution in [0, 0.1) is 0 Å². The van der Waals surface area contributed by atoms with Crippen molar-refractivity contribution >= 4 is 28.9 Å². The summed E-state index contributed by atoms with van der Waals surface area (Å²) < 4.78 is 0.656. The molecule has 1 aromatic rings. The van der Waals surface area contributed by atoms with E-state index < -0.39 is 6.10 Å². The lowest BCUT2D eigenvalue weighted by molar-refractivity contribution is 0.191. The number of halogens is 1. The van der Waals surface area contributed by atoms with Crippen molar-refractivity contribution in [2.24, 2.45) is 10.7 Å². The minimum absolute atomic E-state index is 0.134. The monoisotopic (exact) mass is 275 g/mol. The lowest BCUT2D eigenvalue weighted by Gasteiger charge is -2.21. The molecule has 1 atom stereocenters. The van der Waals surface area contributed by atoms with E-state index >= 15 is 0 Å². The Labute approximate surface area is 111 Å². The van der Waals surface area contributed by atoms with Crippen LogP contribution in [0.5, 0.6) is 0 Å². The number of nitrogens with one attached hydrogen (secondary N) is 1. The van der Waals surface area contributed by atoms with Crippen LogP contribution in [0.4, 0.5) is 0 Å². The first kappa shape index (κ1) is 14.3. The van der Waals surface area contributed by atoms with Crippen LogP contribution in [-0.4, -0.2) is 23.1 Å². The Morgan fingerprint density at radius 2 is 2.24 bits per heavy atom. The Bertz CT molecular complexity index is 398. The molecule has 0 bridgehead atoms. The average Bonchev–Trinajstić information content (AvgIpc) is 2.58. The summed E-state index contributed by atoms with van der Waals surface area (Å²) in [6.07, 6.45) is -0.659. The van der Waals surface area contributed by atoms with Crippen LogP contribution in [0.2, 0.25) is 4.34 Å². The number of nitrogens with zero attached hydrogens (tertiary/aromatic N) is 1. The van der Waals surface area contributed by atoms with Crippen LogP contribution in [0.15, 0.2) is 17.1 Å². The quantitative estimate of drug-likeness (QED) is 0.585. The zero-order chi connectivity index (χ0) is 13.1. The number of aliphatic hydroxyl groups is 1. The summed E-state index contributed by atoms with van der Waals surface area (Å²) in [5.41, 5.74) is 5.56. The van der Waals surface area contributed by atoms with E-state index in [0.717, 1.165) is 4.88 Å². The van der Waals surface area contributed by atoms with Gasteiger partial charge in [-0.1, -0.05) is 11.6 Å². The zero-order valence-corrected chi connectivity index (χ0v) is 11.8. The van der Waals surface area contributed by atoms with E-state index in [2.05, 4.69) is 10.3 Å². The van der Waals surface area contributed by atoms with Gasteiger partial charge in [-0.2, -0.15) is 0 Å². The Morgan fingerprint density at radius 1 is 1.59 bits per heavy atom. The molecule has 0 aromatic carbocycles. The van der Waals surface area contributed by atoms with Crippen molar-refractivity contribution in [2.45, 2.75) is 32.4 Å². The molecule has 0 fully saturated rings. The third-order valence-electron chi connectivity index (χ3n) is 1.86. The number of thiophene rings is 1. The molecule has 0 spiro atoms. The van der Waals surface area contributed by atoms with Gasteiger partial charge in [0.2, 0.25) is 0 Å². The fourth-order valence-electron chi connectivity index (χ4n) is 1.21. The molecule has 17 heavy (non-hydrogen) atoms. The molecule has 0 saturated heterocycles. The summed E-state index contributed by atoms with van der Waals surface area (Å²) in [5, 5.41) is 12.9. The molecule has 0 amide bonds. The molecule has 1 heterocycles. The molecule has 1 rings (SSSR count). The molecule has 1 aromatic heterocycles. The second-order valence-electron chi connectivity index (χ2n) is 4.76. The summed E-state index contributed by atoms with van der Waals surface area (Å²) in [4.78, 5) is 4.89. The summed E-state index contributed by atoms with van der Waals surface area (Å²) >= 11 is 7.13. The predicted molar refractivity (Wildman–Crippen MR) is 73.7 cm³/mol. The van der Waals surface area contributed by atoms with Crippen molar-refractivity contribution in [3.8, 4) is 0 Å². The summed E-state index contributed by atoms with van der Waals surface area (Å²) in [6.45, 7) is 6.20. The Kier molecular flexibility index (Phi) is 4.80. The predicted octanol–water partition coefficient (Wildman–Crippen LogP) is 2.14. The highest BCUT2D eigenvalue weighted by Crippen LogP contribution is 2.26. The smallest absolute Gasteiger partial charge is 0.189 e. The Hall–Kier alpha value is -0.780. The van der Waals surface area contributed by atoms with Gasteiger partial charge in [0, 0.05) is 10.4 Å². The van der Waals surface area contributed by atoms with E-state index in [0.29, 0.717) is 10.3 Å². The first-order valence-electron chi connectivity index (χ1n) is 5.29. The van der Waals surface area contributed by atoms with Gasteiger partial charge in [-0.3, -0.25) is 4.99 Å². The number of nitrogens with two attached hydrogens (primary N) is 1. The molecule has 0 saturated carbocycles. The van der Waals surface area contributed by atoms with Crippen molar-refractivity contribution in [1.29, 1.82) is 0 Å². The lowest BCUT2D eigenvalue weighted by Crippen LogP contribution is -2.45. The summed E-state index contributed by atoms with van der Waals surface area (Å²) in [7, 11) is 0. The van der Waals surface area contributed by atoms with Gasteiger partial charge < -0.3 is 16.2 Å². The molecule has 0 aliphatic carbocycles. The number of aliphatic hydroxyl groups excluding tert-OH is 1. The number of hydrogen-bond acceptors (Lipinski definition) is 3. The van der Waals surface area contributed by atoms with Crippen molar-refractivity contribution in [3.63, 3.8) is 0 Å². The van der Waals surface area contributed by atoms with Crippen molar-refractivity contribution in [2.75, 3.05) is 6.54 Å². The van der Waals surface area contributed by atoms with Gasteiger partial charge in [-0.25, -0.2) is 0 Å². The molecule has 0 aliphatic heterocycles. The molecule has 0 aliphatic rings. The van der Waals surface area contributed by atoms with E-state index in [1.165, 1.54) is 11.3 Å². The van der Waals surface area contributed by atoms with Gasteiger partial charge in [0.05, 0.1) is 10.9 Å². The van der Waals surface area contributed by atoms with E-state index in [1.54, 1.807) is 12.1 Å². The fraction of sp³-hybridized carbons (Fsp3) is 0.545. The average molecular weight is 276 g/mol. The topological polar surface area (TPSA) is 70.6 Å². The van der Waals surface area contributed by atoms with Gasteiger partial charge in [0.25, 0.3) is 0 Å². The third kappa shape index (κ3) is 5.39. The van der Waals surface area contributed by atoms with E-state index in [1.807, 2.05) is 20.8 Å². The second-order valence-corrected chi connectivity index (χ2v) is 6.51. The van der Waals surface area contributed by atoms with Crippen LogP contribution in [0.1, 0.15) is 31.8 Å². The molecule has 4 nitrogen and oxygen atoms in total. The highest BCUT2D eigenvalue weighted by Gasteiger charge is 2.12. The first-order valence-corrected chi connectivity index (χ1v) is 6.49. The van der Waals surface area contributed by atoms with Gasteiger partial charge in [-0.05, 0) is 32.9 Å². The highest BCUT2D eigenvalue weighted by molar-refractivity contribution is 7.16. The number of rotatable bonds is 3.